The van der Waals surface area contributed by atoms with E-state index in [9.17, 15) is 29.4 Å². The van der Waals surface area contributed by atoms with Gasteiger partial charge in [-0.3, -0.25) is 19.2 Å². The van der Waals surface area contributed by atoms with Crippen LogP contribution in [0.1, 0.15) is 60.8 Å². The summed E-state index contributed by atoms with van der Waals surface area (Å²) in [7, 11) is 0. The van der Waals surface area contributed by atoms with Gasteiger partial charge in [0.15, 0.2) is 11.9 Å². The van der Waals surface area contributed by atoms with Gasteiger partial charge in [0.2, 0.25) is 0 Å². The predicted molar refractivity (Wildman–Crippen MR) is 121 cm³/mol. The molecule has 0 heterocycles. The second kappa shape index (κ2) is 8.13. The maximum atomic E-state index is 13.9. The monoisotopic (exact) mass is 492 g/mol. The molecular formula is C26H36O9. The van der Waals surface area contributed by atoms with E-state index in [1.54, 1.807) is 6.92 Å². The van der Waals surface area contributed by atoms with Crippen LogP contribution in [0.15, 0.2) is 12.2 Å². The highest BCUT2D eigenvalue weighted by atomic mass is 16.6. The summed E-state index contributed by atoms with van der Waals surface area (Å²) < 4.78 is 17.3. The number of aliphatic hydroxyl groups excluding tert-OH is 2. The minimum absolute atomic E-state index is 0.0858. The number of aliphatic hydroxyl groups is 2. The van der Waals surface area contributed by atoms with Gasteiger partial charge in [0.05, 0.1) is 17.6 Å². The SMILES string of the molecule is C=C1C(=O)C23CC1CC(O)C2C1(C)C(O)CC(OC(C)=O)C(C)(C)C1C(OC(C)=O)C3OC(C)=O. The summed E-state index contributed by atoms with van der Waals surface area (Å²) in [4.78, 5) is 50.6. The Hall–Kier alpha value is -2.26. The maximum absolute atomic E-state index is 13.9. The van der Waals surface area contributed by atoms with Crippen molar-refractivity contribution in [1.82, 2.24) is 0 Å². The van der Waals surface area contributed by atoms with Crippen LogP contribution in [-0.4, -0.2) is 64.4 Å². The first-order valence-electron chi connectivity index (χ1n) is 12.2. The minimum atomic E-state index is -1.40. The molecule has 4 saturated carbocycles. The van der Waals surface area contributed by atoms with Crippen LogP contribution < -0.4 is 0 Å². The standard InChI is InChI=1S/C26H36O9/c1-11-15-8-16(30)20-25(7)17(31)9-18(33-12(2)27)24(5,6)21(25)19(34-13(3)28)23(35-14(4)29)26(20,10-15)22(11)32/h15-21,23,30-31H,1,8-10H2,2-7H3. The topological polar surface area (TPSA) is 136 Å². The van der Waals surface area contributed by atoms with Crippen molar-refractivity contribution in [2.24, 2.45) is 34.0 Å². The molecule has 10 atom stereocenters. The normalized spacial score (nSPS) is 45.7. The number of fused-ring (bicyclic) bond motifs is 3. The van der Waals surface area contributed by atoms with Crippen molar-refractivity contribution >= 4 is 23.7 Å². The molecule has 0 saturated heterocycles. The Morgan fingerprint density at radius 2 is 1.49 bits per heavy atom. The van der Waals surface area contributed by atoms with Gasteiger partial charge in [-0.25, -0.2) is 0 Å². The minimum Gasteiger partial charge on any atom is -0.462 e. The highest BCUT2D eigenvalue weighted by molar-refractivity contribution is 6.04. The Labute approximate surface area is 205 Å². The van der Waals surface area contributed by atoms with Gasteiger partial charge < -0.3 is 24.4 Å². The molecule has 4 aliphatic rings. The van der Waals surface area contributed by atoms with Crippen molar-refractivity contribution in [3.63, 3.8) is 0 Å². The number of rotatable bonds is 3. The third-order valence-corrected chi connectivity index (χ3v) is 9.42. The number of ether oxygens (including phenoxy) is 3. The smallest absolute Gasteiger partial charge is 0.303 e. The van der Waals surface area contributed by atoms with Crippen LogP contribution in [0.25, 0.3) is 0 Å². The van der Waals surface area contributed by atoms with Gasteiger partial charge in [0.25, 0.3) is 0 Å². The second-order valence-corrected chi connectivity index (χ2v) is 11.7. The summed E-state index contributed by atoms with van der Waals surface area (Å²) >= 11 is 0. The van der Waals surface area contributed by atoms with E-state index >= 15 is 0 Å². The molecule has 2 bridgehead atoms. The van der Waals surface area contributed by atoms with Crippen LogP contribution in [-0.2, 0) is 33.4 Å². The number of allylic oxidation sites excluding steroid dienone is 1. The van der Waals surface area contributed by atoms with E-state index in [2.05, 4.69) is 6.58 Å². The maximum Gasteiger partial charge on any atom is 0.303 e. The van der Waals surface area contributed by atoms with Crippen LogP contribution in [0.3, 0.4) is 0 Å². The van der Waals surface area contributed by atoms with Crippen molar-refractivity contribution in [3.05, 3.63) is 12.2 Å². The molecule has 4 rings (SSSR count). The van der Waals surface area contributed by atoms with Crippen molar-refractivity contribution in [3.8, 4) is 0 Å². The molecule has 4 aliphatic carbocycles. The Kier molecular flexibility index (Phi) is 6.00. The van der Waals surface area contributed by atoms with Gasteiger partial charge in [0.1, 0.15) is 12.2 Å². The molecular weight excluding hydrogens is 456 g/mol. The molecule has 35 heavy (non-hydrogen) atoms. The molecule has 194 valence electrons. The molecule has 0 radical (unpaired) electrons. The number of carbonyl (C=O) groups is 4. The van der Waals surface area contributed by atoms with Crippen molar-refractivity contribution in [2.75, 3.05) is 0 Å². The lowest BCUT2D eigenvalue weighted by Crippen LogP contribution is -2.77. The first-order chi connectivity index (χ1) is 16.1. The summed E-state index contributed by atoms with van der Waals surface area (Å²) in [5, 5.41) is 23.1. The Morgan fingerprint density at radius 1 is 0.914 bits per heavy atom. The van der Waals surface area contributed by atoms with Gasteiger partial charge >= 0.3 is 17.9 Å². The summed E-state index contributed by atoms with van der Waals surface area (Å²) in [6.45, 7) is 13.2. The average Bonchev–Trinajstić information content (AvgIpc) is 2.90. The summed E-state index contributed by atoms with van der Waals surface area (Å²) in [5.41, 5.74) is -3.06. The third-order valence-electron chi connectivity index (χ3n) is 9.42. The summed E-state index contributed by atoms with van der Waals surface area (Å²) in [6.07, 6.45) is -4.48. The van der Waals surface area contributed by atoms with E-state index in [0.717, 1.165) is 0 Å². The molecule has 1 spiro atoms. The molecule has 2 N–H and O–H groups in total. The number of hydrogen-bond acceptors (Lipinski definition) is 9. The average molecular weight is 493 g/mol. The zero-order valence-electron chi connectivity index (χ0n) is 21.2. The lowest BCUT2D eigenvalue weighted by molar-refractivity contribution is -0.308. The molecule has 4 fully saturated rings. The van der Waals surface area contributed by atoms with Crippen LogP contribution in [0.4, 0.5) is 0 Å². The highest BCUT2D eigenvalue weighted by Crippen LogP contribution is 2.72. The number of Topliss-reactive ketones (excluding diaryl/α,β-unsaturated/α-hetero) is 1. The van der Waals surface area contributed by atoms with Crippen LogP contribution in [0.2, 0.25) is 0 Å². The van der Waals surface area contributed by atoms with E-state index in [1.165, 1.54) is 20.8 Å². The predicted octanol–water partition coefficient (Wildman–Crippen LogP) is 1.72. The molecule has 0 aromatic rings. The van der Waals surface area contributed by atoms with Gasteiger partial charge in [0, 0.05) is 49.9 Å². The van der Waals surface area contributed by atoms with Gasteiger partial charge in [-0.15, -0.1) is 0 Å². The van der Waals surface area contributed by atoms with E-state index in [1.807, 2.05) is 13.8 Å². The van der Waals surface area contributed by atoms with E-state index in [-0.39, 0.29) is 24.5 Å². The van der Waals surface area contributed by atoms with E-state index < -0.39 is 76.5 Å². The Morgan fingerprint density at radius 3 is 2.03 bits per heavy atom. The number of carbonyl (C=O) groups excluding carboxylic acids is 4. The zero-order valence-corrected chi connectivity index (χ0v) is 21.2. The first kappa shape index (κ1) is 25.8. The quantitative estimate of drug-likeness (QED) is 0.343. The van der Waals surface area contributed by atoms with Crippen LogP contribution in [0, 0.1) is 34.0 Å². The Balaban J connectivity index is 2.01. The van der Waals surface area contributed by atoms with Gasteiger partial charge in [-0.2, -0.15) is 0 Å². The van der Waals surface area contributed by atoms with Crippen molar-refractivity contribution in [2.45, 2.75) is 91.3 Å². The molecule has 0 aromatic carbocycles. The fourth-order valence-electron chi connectivity index (χ4n) is 8.45. The zero-order chi connectivity index (χ0) is 26.2. The lowest BCUT2D eigenvalue weighted by Gasteiger charge is -2.69. The molecule has 0 aromatic heterocycles. The number of ketones is 1. The second-order valence-electron chi connectivity index (χ2n) is 11.7. The van der Waals surface area contributed by atoms with Crippen LogP contribution in [0.5, 0.6) is 0 Å². The van der Waals surface area contributed by atoms with Crippen molar-refractivity contribution < 1.29 is 43.6 Å². The first-order valence-corrected chi connectivity index (χ1v) is 12.2. The lowest BCUT2D eigenvalue weighted by atomic mass is 9.37. The molecule has 9 nitrogen and oxygen atoms in total. The largest absolute Gasteiger partial charge is 0.462 e. The third kappa shape index (κ3) is 3.41. The fourth-order valence-corrected chi connectivity index (χ4v) is 8.45. The molecule has 10 unspecified atom stereocenters. The highest BCUT2D eigenvalue weighted by Gasteiger charge is 2.79. The van der Waals surface area contributed by atoms with Gasteiger partial charge in [-0.05, 0) is 24.3 Å². The molecule has 0 aliphatic heterocycles. The number of esters is 3. The Bertz CT molecular complexity index is 985. The number of hydrogen-bond donors (Lipinski definition) is 2. The fraction of sp³-hybridized carbons (Fsp3) is 0.769. The van der Waals surface area contributed by atoms with Crippen LogP contribution >= 0.6 is 0 Å². The van der Waals surface area contributed by atoms with E-state index in [0.29, 0.717) is 12.0 Å². The van der Waals surface area contributed by atoms with Crippen molar-refractivity contribution in [1.29, 1.82) is 0 Å². The molecule has 0 amide bonds. The van der Waals surface area contributed by atoms with Gasteiger partial charge in [-0.1, -0.05) is 27.4 Å². The summed E-state index contributed by atoms with van der Waals surface area (Å²) in [6, 6.07) is 0. The van der Waals surface area contributed by atoms with E-state index in [4.69, 9.17) is 14.2 Å². The summed E-state index contributed by atoms with van der Waals surface area (Å²) in [5.74, 6) is -3.95. The molecule has 9 heteroatoms.